The minimum absolute atomic E-state index is 0.0399. The lowest BCUT2D eigenvalue weighted by molar-refractivity contribution is -0.870. The van der Waals surface area contributed by atoms with Crippen LogP contribution in [-0.4, -0.2) is 70.0 Å². The number of nitrogens with zero attached hydrogens (tertiary/aromatic N) is 1. The van der Waals surface area contributed by atoms with Crippen LogP contribution in [-0.2, 0) is 32.7 Å². The van der Waals surface area contributed by atoms with Gasteiger partial charge in [0.05, 0.1) is 27.7 Å². The Morgan fingerprint density at radius 3 is 1.11 bits per heavy atom. The summed E-state index contributed by atoms with van der Waals surface area (Å²) in [4.78, 5) is 37.8. The molecule has 2 atom stereocenters. The van der Waals surface area contributed by atoms with Crippen LogP contribution in [0.15, 0.2) is 109 Å². The molecule has 10 heteroatoms. The zero-order valence-corrected chi connectivity index (χ0v) is 47.5. The SMILES string of the molecule is CC/C=C\C/C=C\C/C=C\C/C=C\C/C=C\CCCCCCCCCCCCCCCCCC(=O)OC(COC(=O)CCCCCC/C=C\C/C=C\C/C=C\C/C=C\CC)COP(=O)([O-])OCC[N+](C)(C)C. The number of carbonyl (C=O) groups excluding carboxylic acids is 2. The molecule has 0 aliphatic heterocycles. The van der Waals surface area contributed by atoms with Crippen molar-refractivity contribution in [2.45, 2.75) is 225 Å². The van der Waals surface area contributed by atoms with E-state index < -0.39 is 32.5 Å². The maximum absolute atomic E-state index is 12.8. The van der Waals surface area contributed by atoms with E-state index in [1.807, 2.05) is 21.1 Å². The molecule has 2 unspecified atom stereocenters. The molecule has 0 bridgehead atoms. The van der Waals surface area contributed by atoms with Crippen LogP contribution in [0.5, 0.6) is 0 Å². The van der Waals surface area contributed by atoms with E-state index in [2.05, 4.69) is 123 Å². The number of esters is 2. The molecular formula is C62H106NO8P. The summed E-state index contributed by atoms with van der Waals surface area (Å²) >= 11 is 0. The third-order valence-electron chi connectivity index (χ3n) is 11.8. The van der Waals surface area contributed by atoms with Gasteiger partial charge < -0.3 is 27.9 Å². The van der Waals surface area contributed by atoms with Crippen LogP contribution >= 0.6 is 7.82 Å². The number of hydrogen-bond acceptors (Lipinski definition) is 8. The van der Waals surface area contributed by atoms with Gasteiger partial charge in [0, 0.05) is 12.8 Å². The van der Waals surface area contributed by atoms with Gasteiger partial charge in [-0.2, -0.15) is 0 Å². The smallest absolute Gasteiger partial charge is 0.306 e. The van der Waals surface area contributed by atoms with Crippen molar-refractivity contribution in [3.63, 3.8) is 0 Å². The number of allylic oxidation sites excluding steroid dienone is 18. The Labute approximate surface area is 442 Å². The molecule has 0 aromatic rings. The second-order valence-electron chi connectivity index (χ2n) is 19.9. The Bertz CT molecular complexity index is 1580. The molecule has 0 heterocycles. The summed E-state index contributed by atoms with van der Waals surface area (Å²) in [5.41, 5.74) is 0. The molecule has 72 heavy (non-hydrogen) atoms. The molecule has 0 aromatic heterocycles. The standard InChI is InChI=1S/C62H106NO8P/c1-6-8-10-12-14-16-18-20-22-24-25-26-27-28-29-30-31-32-33-34-35-36-37-39-41-43-45-47-49-51-53-55-62(65)71-60(59-70-72(66,67)69-57-56-63(3,4)5)58-68-61(64)54-52-50-48-46-44-42-40-38-23-21-19-17-15-13-11-9-7-2/h8-11,14-17,20-23,25-26,28-29,40,42,60H,6-7,12-13,18-19,24,27,30-39,41,43-59H2,1-5H3/b10-8-,11-9-,16-14-,17-15-,22-20-,23-21-,26-25-,29-28-,42-40-. The van der Waals surface area contributed by atoms with E-state index in [9.17, 15) is 19.0 Å². The summed E-state index contributed by atoms with van der Waals surface area (Å²) in [7, 11) is 1.14. The lowest BCUT2D eigenvalue weighted by Crippen LogP contribution is -2.37. The number of phosphoric ester groups is 1. The van der Waals surface area contributed by atoms with Gasteiger partial charge in [-0.1, -0.05) is 220 Å². The molecule has 0 aliphatic rings. The van der Waals surface area contributed by atoms with Crippen LogP contribution in [0.4, 0.5) is 0 Å². The van der Waals surface area contributed by atoms with Gasteiger partial charge >= 0.3 is 11.9 Å². The van der Waals surface area contributed by atoms with Gasteiger partial charge in [0.15, 0.2) is 6.10 Å². The van der Waals surface area contributed by atoms with Crippen LogP contribution < -0.4 is 4.89 Å². The van der Waals surface area contributed by atoms with Gasteiger partial charge in [-0.25, -0.2) is 0 Å². The van der Waals surface area contributed by atoms with E-state index >= 15 is 0 Å². The number of likely N-dealkylation sites (N-methyl/N-ethyl adjacent to an activating group) is 1. The molecule has 0 aliphatic carbocycles. The number of unbranched alkanes of at least 4 members (excludes halogenated alkanes) is 19. The number of quaternary nitrogens is 1. The zero-order chi connectivity index (χ0) is 52.7. The number of hydrogen-bond donors (Lipinski definition) is 0. The van der Waals surface area contributed by atoms with Gasteiger partial charge in [0.2, 0.25) is 0 Å². The van der Waals surface area contributed by atoms with Crippen molar-refractivity contribution >= 4 is 19.8 Å². The van der Waals surface area contributed by atoms with E-state index in [4.69, 9.17) is 18.5 Å². The van der Waals surface area contributed by atoms with Crippen molar-refractivity contribution in [3.8, 4) is 0 Å². The van der Waals surface area contributed by atoms with Crippen molar-refractivity contribution in [1.29, 1.82) is 0 Å². The summed E-state index contributed by atoms with van der Waals surface area (Å²) in [5.74, 6) is -0.865. The van der Waals surface area contributed by atoms with Gasteiger partial charge in [-0.05, 0) is 96.3 Å². The first kappa shape index (κ1) is 68.7. The topological polar surface area (TPSA) is 111 Å². The number of ether oxygens (including phenoxy) is 2. The van der Waals surface area contributed by atoms with Gasteiger partial charge in [0.1, 0.15) is 19.8 Å². The van der Waals surface area contributed by atoms with Crippen LogP contribution in [0, 0.1) is 0 Å². The monoisotopic (exact) mass is 1020 g/mol. The highest BCUT2D eigenvalue weighted by atomic mass is 31.2. The zero-order valence-electron chi connectivity index (χ0n) is 46.6. The van der Waals surface area contributed by atoms with Crippen LogP contribution in [0.1, 0.15) is 219 Å². The van der Waals surface area contributed by atoms with E-state index in [1.54, 1.807) is 0 Å². The number of rotatable bonds is 51. The molecule has 0 saturated carbocycles. The molecule has 0 amide bonds. The molecule has 9 nitrogen and oxygen atoms in total. The summed E-state index contributed by atoms with van der Waals surface area (Å²) in [6.07, 6.45) is 72.8. The molecule has 0 saturated heterocycles. The molecule has 0 radical (unpaired) electrons. The second kappa shape index (κ2) is 52.5. The molecule has 412 valence electrons. The van der Waals surface area contributed by atoms with E-state index in [0.29, 0.717) is 23.9 Å². The molecule has 0 aromatic carbocycles. The van der Waals surface area contributed by atoms with Crippen LogP contribution in [0.2, 0.25) is 0 Å². The van der Waals surface area contributed by atoms with Crippen molar-refractivity contribution < 1.29 is 42.1 Å². The fraction of sp³-hybridized carbons (Fsp3) is 0.677. The normalized spacial score (nSPS) is 14.1. The minimum Gasteiger partial charge on any atom is -0.756 e. The van der Waals surface area contributed by atoms with Crippen molar-refractivity contribution in [2.24, 2.45) is 0 Å². The van der Waals surface area contributed by atoms with Crippen molar-refractivity contribution in [3.05, 3.63) is 109 Å². The van der Waals surface area contributed by atoms with E-state index in [1.165, 1.54) is 77.0 Å². The maximum atomic E-state index is 12.8. The van der Waals surface area contributed by atoms with Gasteiger partial charge in [0.25, 0.3) is 7.82 Å². The summed E-state index contributed by atoms with van der Waals surface area (Å²) < 4.78 is 34.1. The summed E-state index contributed by atoms with van der Waals surface area (Å²) in [6.45, 7) is 3.98. The van der Waals surface area contributed by atoms with Gasteiger partial charge in [-0.15, -0.1) is 0 Å². The average molecular weight is 1020 g/mol. The minimum atomic E-state index is -4.65. The van der Waals surface area contributed by atoms with E-state index in [0.717, 1.165) is 103 Å². The fourth-order valence-electron chi connectivity index (χ4n) is 7.44. The number of carbonyl (C=O) groups is 2. The summed E-state index contributed by atoms with van der Waals surface area (Å²) in [6, 6.07) is 0. The average Bonchev–Trinajstić information content (AvgIpc) is 3.34. The van der Waals surface area contributed by atoms with Crippen LogP contribution in [0.3, 0.4) is 0 Å². The first-order valence-electron chi connectivity index (χ1n) is 28.6. The Hall–Kier alpha value is -3.33. The highest BCUT2D eigenvalue weighted by molar-refractivity contribution is 7.45. The molecular weight excluding hydrogens is 918 g/mol. The Morgan fingerprint density at radius 2 is 0.750 bits per heavy atom. The van der Waals surface area contributed by atoms with Crippen LogP contribution in [0.25, 0.3) is 0 Å². The second-order valence-corrected chi connectivity index (χ2v) is 21.3. The Kier molecular flexibility index (Phi) is 50.1. The summed E-state index contributed by atoms with van der Waals surface area (Å²) in [5, 5.41) is 0. The fourth-order valence-corrected chi connectivity index (χ4v) is 8.17. The maximum Gasteiger partial charge on any atom is 0.306 e. The Morgan fingerprint density at radius 1 is 0.431 bits per heavy atom. The van der Waals surface area contributed by atoms with Crippen molar-refractivity contribution in [1.82, 2.24) is 0 Å². The van der Waals surface area contributed by atoms with E-state index in [-0.39, 0.29) is 26.1 Å². The molecule has 0 fully saturated rings. The quantitative estimate of drug-likeness (QED) is 0.0195. The first-order chi connectivity index (χ1) is 35.0. The molecule has 0 N–H and O–H groups in total. The number of phosphoric acid groups is 1. The lowest BCUT2D eigenvalue weighted by atomic mass is 10.0. The largest absolute Gasteiger partial charge is 0.756 e. The molecule has 0 rings (SSSR count). The predicted molar refractivity (Wildman–Crippen MR) is 305 cm³/mol. The highest BCUT2D eigenvalue weighted by Gasteiger charge is 2.21. The lowest BCUT2D eigenvalue weighted by Gasteiger charge is -2.28. The first-order valence-corrected chi connectivity index (χ1v) is 30.1. The van der Waals surface area contributed by atoms with Gasteiger partial charge in [-0.3, -0.25) is 14.2 Å². The van der Waals surface area contributed by atoms with Crippen molar-refractivity contribution in [2.75, 3.05) is 47.5 Å². The third kappa shape index (κ3) is 56.0. The predicted octanol–water partition coefficient (Wildman–Crippen LogP) is 17.2. The Balaban J connectivity index is 4.15. The third-order valence-corrected chi connectivity index (χ3v) is 12.8. The highest BCUT2D eigenvalue weighted by Crippen LogP contribution is 2.38. The molecule has 0 spiro atoms.